The van der Waals surface area contributed by atoms with Crippen LogP contribution >= 0.6 is 77.5 Å². The topological polar surface area (TPSA) is 349 Å². The number of carboxylic acids is 1. The van der Waals surface area contributed by atoms with E-state index in [-0.39, 0.29) is 129 Å². The summed E-state index contributed by atoms with van der Waals surface area (Å²) in [4.78, 5) is 129. The van der Waals surface area contributed by atoms with Crippen molar-refractivity contribution in [2.24, 2.45) is 10.2 Å². The molecule has 1 fully saturated rings. The maximum absolute atomic E-state index is 12.7. The van der Waals surface area contributed by atoms with Crippen LogP contribution in [0.15, 0.2) is 10.2 Å². The molecule has 0 saturated carbocycles. The first kappa shape index (κ1) is 72.0. The lowest BCUT2D eigenvalue weighted by molar-refractivity contribution is -0.197. The number of amides is 6. The Labute approximate surface area is 427 Å². The number of hydrogen-bond donors (Lipinski definition) is 5. The Morgan fingerprint density at radius 3 is 1.40 bits per heavy atom. The lowest BCUT2D eigenvalue weighted by atomic mass is 10.2. The standard InChI is InChI=1S/C21H32N6O7S.C17H29N5O5S.4H2S/c1-2-3-5-11-23-16(28)10-13-35-21(33)15(25-17(29)7-4-6-12-24-26-22)14-20(32)34-27-18(30)8-9-19(27)31;1-2-3-5-9-19-14(23)8-11-28-17(27)13(12-16(25)26)21-15(24)7-4-6-10-20-22-18;;;;/h15H,2-14H2,1H3,(H,23,28)(H,25,29);13H,2-12H2,1H3,(H,19,23)(H,21,24)(H,25,26);4*1H2. The number of rotatable bonds is 33. The average molecular weight is 1060 g/mol. The maximum Gasteiger partial charge on any atom is 0.335 e. The number of nitrogens with one attached hydrogen (secondary N) is 4. The monoisotopic (exact) mass is 1060 g/mol. The molecule has 2 unspecified atom stereocenters. The van der Waals surface area contributed by atoms with Gasteiger partial charge in [0, 0.05) is 86.0 Å². The first-order valence-electron chi connectivity index (χ1n) is 20.9. The fraction of sp³-hybridized carbons (Fsp3) is 0.737. The lowest BCUT2D eigenvalue weighted by Crippen LogP contribution is -2.43. The van der Waals surface area contributed by atoms with Gasteiger partial charge in [-0.1, -0.05) is 73.3 Å². The Kier molecular flexibility index (Phi) is 50.6. The van der Waals surface area contributed by atoms with E-state index in [1.807, 2.05) is 0 Å². The van der Waals surface area contributed by atoms with Gasteiger partial charge in [0.05, 0.1) is 12.8 Å². The van der Waals surface area contributed by atoms with Gasteiger partial charge in [0.2, 0.25) is 33.9 Å². The van der Waals surface area contributed by atoms with E-state index >= 15 is 0 Å². The van der Waals surface area contributed by atoms with Crippen LogP contribution in [0.1, 0.15) is 129 Å². The van der Waals surface area contributed by atoms with Crippen molar-refractivity contribution in [1.82, 2.24) is 26.3 Å². The molecular formula is C38H69N11O12S6. The lowest BCUT2D eigenvalue weighted by Gasteiger charge is -2.18. The van der Waals surface area contributed by atoms with E-state index in [9.17, 15) is 47.9 Å². The summed E-state index contributed by atoms with van der Waals surface area (Å²) in [5.41, 5.74) is 16.4. The molecule has 6 amide bonds. The molecule has 1 rings (SSSR count). The van der Waals surface area contributed by atoms with Crippen molar-refractivity contribution in [1.29, 1.82) is 0 Å². The van der Waals surface area contributed by atoms with Crippen LogP contribution in [0.2, 0.25) is 0 Å². The van der Waals surface area contributed by atoms with Crippen LogP contribution in [0.25, 0.3) is 20.9 Å². The smallest absolute Gasteiger partial charge is 0.335 e. The molecule has 0 aromatic rings. The molecule has 1 aliphatic rings. The first-order chi connectivity index (χ1) is 30.2. The number of hydrogen-bond acceptors (Lipinski definition) is 15. The SMILES string of the molecule is CCCCCNC(=O)CCSC(=O)C(CC(=O)O)NC(=O)CCCCN=[N+]=[N-].CCCCCNC(=O)CCSC(=O)C(CC(=O)ON1C(=O)CCC1=O)NC(=O)CCCCN=[N+]=[N-].S.S.S.S. The van der Waals surface area contributed by atoms with Gasteiger partial charge in [-0.25, -0.2) is 4.79 Å². The largest absolute Gasteiger partial charge is 0.481 e. The normalized spacial score (nSPS) is 11.8. The Hall–Kier alpha value is -3.98. The first-order valence-corrected chi connectivity index (χ1v) is 22.9. The highest BCUT2D eigenvalue weighted by atomic mass is 32.2. The Morgan fingerprint density at radius 1 is 0.627 bits per heavy atom. The van der Waals surface area contributed by atoms with Crippen LogP contribution in [0.4, 0.5) is 0 Å². The zero-order chi connectivity index (χ0) is 47.3. The van der Waals surface area contributed by atoms with Crippen LogP contribution in [-0.2, 0) is 52.8 Å². The van der Waals surface area contributed by atoms with Crippen LogP contribution in [0, 0.1) is 0 Å². The molecule has 1 saturated heterocycles. The third kappa shape index (κ3) is 39.7. The van der Waals surface area contributed by atoms with Gasteiger partial charge in [0.25, 0.3) is 11.8 Å². The van der Waals surface area contributed by atoms with Crippen molar-refractivity contribution in [2.75, 3.05) is 37.7 Å². The van der Waals surface area contributed by atoms with E-state index in [4.69, 9.17) is 21.0 Å². The second kappa shape index (κ2) is 47.1. The number of imide groups is 1. The molecule has 0 radical (unpaired) electrons. The molecule has 67 heavy (non-hydrogen) atoms. The van der Waals surface area contributed by atoms with Crippen molar-refractivity contribution in [3.8, 4) is 0 Å². The molecule has 1 aliphatic heterocycles. The number of hydroxylamine groups is 2. The molecular weight excluding hydrogens is 995 g/mol. The third-order valence-electron chi connectivity index (χ3n) is 8.49. The van der Waals surface area contributed by atoms with E-state index in [0.29, 0.717) is 43.8 Å². The van der Waals surface area contributed by atoms with Gasteiger partial charge in [0.15, 0.2) is 0 Å². The number of carbonyl (C=O) groups is 10. The summed E-state index contributed by atoms with van der Waals surface area (Å²) in [5, 5.41) is 25.4. The quantitative estimate of drug-likeness (QED) is 0.0195. The molecule has 1 heterocycles. The number of thioether (sulfide) groups is 2. The summed E-state index contributed by atoms with van der Waals surface area (Å²) in [6, 6.07) is -2.41. The summed E-state index contributed by atoms with van der Waals surface area (Å²) in [5.74, 6) is -4.46. The number of aliphatic carboxylic acids is 1. The van der Waals surface area contributed by atoms with Crippen LogP contribution in [0.5, 0.6) is 0 Å². The molecule has 384 valence electrons. The van der Waals surface area contributed by atoms with Gasteiger partial charge < -0.3 is 31.2 Å². The Bertz CT molecular complexity index is 1630. The van der Waals surface area contributed by atoms with Gasteiger partial charge in [-0.05, 0) is 49.6 Å². The van der Waals surface area contributed by atoms with Crippen molar-refractivity contribution in [2.45, 2.75) is 142 Å². The molecule has 29 heteroatoms. The molecule has 0 spiro atoms. The summed E-state index contributed by atoms with van der Waals surface area (Å²) >= 11 is 1.64. The number of carbonyl (C=O) groups excluding carboxylic acids is 9. The zero-order valence-electron chi connectivity index (χ0n) is 38.0. The van der Waals surface area contributed by atoms with Crippen molar-refractivity contribution < 1.29 is 57.9 Å². The number of azide groups is 2. The summed E-state index contributed by atoms with van der Waals surface area (Å²) in [6.45, 7) is 5.79. The van der Waals surface area contributed by atoms with Crippen molar-refractivity contribution in [3.63, 3.8) is 0 Å². The zero-order valence-corrected chi connectivity index (χ0v) is 43.6. The van der Waals surface area contributed by atoms with Gasteiger partial charge in [-0.2, -0.15) is 54.0 Å². The summed E-state index contributed by atoms with van der Waals surface area (Å²) in [6.07, 6.45) is 6.90. The van der Waals surface area contributed by atoms with Crippen LogP contribution < -0.4 is 21.3 Å². The Balaban J connectivity index is -0.000000369. The van der Waals surface area contributed by atoms with Gasteiger partial charge >= 0.3 is 11.9 Å². The summed E-state index contributed by atoms with van der Waals surface area (Å²) in [7, 11) is 0. The maximum atomic E-state index is 12.7. The van der Waals surface area contributed by atoms with Gasteiger partial charge in [-0.3, -0.25) is 43.2 Å². The summed E-state index contributed by atoms with van der Waals surface area (Å²) < 4.78 is 0. The van der Waals surface area contributed by atoms with E-state index < -0.39 is 70.7 Å². The van der Waals surface area contributed by atoms with E-state index in [1.54, 1.807) is 0 Å². The second-order valence-corrected chi connectivity index (χ2v) is 16.1. The predicted octanol–water partition coefficient (Wildman–Crippen LogP) is 4.74. The van der Waals surface area contributed by atoms with Gasteiger partial charge in [0.1, 0.15) is 12.1 Å². The van der Waals surface area contributed by atoms with Crippen molar-refractivity contribution >= 4 is 135 Å². The average Bonchev–Trinajstić information content (AvgIpc) is 3.55. The van der Waals surface area contributed by atoms with E-state index in [2.05, 4.69) is 55.2 Å². The highest BCUT2D eigenvalue weighted by Gasteiger charge is 2.34. The fourth-order valence-corrected chi connectivity index (χ4v) is 6.82. The third-order valence-corrected chi connectivity index (χ3v) is 10.4. The molecule has 0 aromatic carbocycles. The van der Waals surface area contributed by atoms with Gasteiger partial charge in [-0.15, -0.1) is 5.06 Å². The molecule has 2 atom stereocenters. The van der Waals surface area contributed by atoms with Crippen molar-refractivity contribution in [3.05, 3.63) is 20.9 Å². The minimum atomic E-state index is -1.27. The molecule has 0 bridgehead atoms. The Morgan fingerprint density at radius 2 is 1.03 bits per heavy atom. The van der Waals surface area contributed by atoms with E-state index in [0.717, 1.165) is 62.0 Å². The van der Waals surface area contributed by atoms with E-state index in [1.165, 1.54) is 0 Å². The number of unbranched alkanes of at least 4 members (excludes halogenated alkanes) is 6. The minimum absolute atomic E-state index is 0. The molecule has 0 aliphatic carbocycles. The highest BCUT2D eigenvalue weighted by Crippen LogP contribution is 2.16. The number of nitrogens with zero attached hydrogens (tertiary/aromatic N) is 7. The highest BCUT2D eigenvalue weighted by molar-refractivity contribution is 8.14. The van der Waals surface area contributed by atoms with Crippen LogP contribution in [0.3, 0.4) is 0 Å². The molecule has 5 N–H and O–H groups in total. The van der Waals surface area contributed by atoms with Crippen LogP contribution in [-0.4, -0.2) is 118 Å². The fourth-order valence-electron chi connectivity index (χ4n) is 5.16. The minimum Gasteiger partial charge on any atom is -0.481 e. The molecule has 23 nitrogen and oxygen atoms in total. The molecule has 0 aromatic heterocycles. The number of carboxylic acid groups (broad SMARTS) is 1. The predicted molar refractivity (Wildman–Crippen MR) is 274 cm³/mol. The second-order valence-electron chi connectivity index (χ2n) is 13.9.